The van der Waals surface area contributed by atoms with Crippen LogP contribution in [0.4, 0.5) is 5.82 Å². The fourth-order valence-electron chi connectivity index (χ4n) is 4.73. The maximum atomic E-state index is 12.9. The zero-order chi connectivity index (χ0) is 21.8. The summed E-state index contributed by atoms with van der Waals surface area (Å²) in [5, 5.41) is 0. The fourth-order valence-corrected chi connectivity index (χ4v) is 4.73. The highest BCUT2D eigenvalue weighted by Gasteiger charge is 2.32. The summed E-state index contributed by atoms with van der Waals surface area (Å²) < 4.78 is 0. The highest BCUT2D eigenvalue weighted by Crippen LogP contribution is 2.33. The van der Waals surface area contributed by atoms with Crippen molar-refractivity contribution in [1.82, 2.24) is 24.8 Å². The van der Waals surface area contributed by atoms with Gasteiger partial charge < -0.3 is 14.7 Å². The van der Waals surface area contributed by atoms with Crippen molar-refractivity contribution in [3.8, 4) is 0 Å². The Bertz CT molecular complexity index is 900. The molecule has 4 heterocycles. The predicted octanol–water partition coefficient (Wildman–Crippen LogP) is 2.79. The number of hydrogen-bond donors (Lipinski definition) is 0. The van der Waals surface area contributed by atoms with Crippen LogP contribution in [-0.4, -0.2) is 70.9 Å². The fraction of sp³-hybridized carbons (Fsp3) is 0.583. The second-order valence-corrected chi connectivity index (χ2v) is 8.97. The van der Waals surface area contributed by atoms with Crippen molar-refractivity contribution in [2.24, 2.45) is 0 Å². The zero-order valence-corrected chi connectivity index (χ0v) is 19.0. The molecule has 4 rings (SSSR count). The first-order valence-electron chi connectivity index (χ1n) is 11.5. The third kappa shape index (κ3) is 5.03. The van der Waals surface area contributed by atoms with Crippen LogP contribution < -0.4 is 4.90 Å². The third-order valence-electron chi connectivity index (χ3n) is 6.30. The van der Waals surface area contributed by atoms with Gasteiger partial charge in [-0.05, 0) is 65.3 Å². The van der Waals surface area contributed by atoms with E-state index in [9.17, 15) is 4.79 Å². The van der Waals surface area contributed by atoms with Crippen LogP contribution >= 0.6 is 0 Å². The topological polar surface area (TPSA) is 65.5 Å². The highest BCUT2D eigenvalue weighted by atomic mass is 16.2. The normalized spacial score (nSPS) is 18.9. The van der Waals surface area contributed by atoms with E-state index in [1.807, 2.05) is 42.2 Å². The van der Waals surface area contributed by atoms with Gasteiger partial charge in [-0.25, -0.2) is 9.97 Å². The van der Waals surface area contributed by atoms with E-state index in [4.69, 9.17) is 9.97 Å². The number of amides is 1. The molecular formula is C24H34N6O. The lowest BCUT2D eigenvalue weighted by molar-refractivity contribution is -0.135. The van der Waals surface area contributed by atoms with E-state index in [2.05, 4.69) is 22.9 Å². The number of rotatable bonds is 6. The Balaban J connectivity index is 1.59. The Hall–Kier alpha value is -2.54. The van der Waals surface area contributed by atoms with Gasteiger partial charge in [0.05, 0.1) is 12.6 Å². The van der Waals surface area contributed by atoms with Gasteiger partial charge in [0.15, 0.2) is 5.82 Å². The van der Waals surface area contributed by atoms with Gasteiger partial charge >= 0.3 is 0 Å². The summed E-state index contributed by atoms with van der Waals surface area (Å²) in [7, 11) is 3.88. The third-order valence-corrected chi connectivity index (χ3v) is 6.30. The molecule has 0 aliphatic carbocycles. The molecule has 0 N–H and O–H groups in total. The SMILES string of the molecule is Cc1nc(C2CCCCN2C(=O)CN(C)C)nc2c1CCCN2CCc1ccccn1. The van der Waals surface area contributed by atoms with Crippen molar-refractivity contribution >= 4 is 11.7 Å². The summed E-state index contributed by atoms with van der Waals surface area (Å²) >= 11 is 0. The van der Waals surface area contributed by atoms with Crippen LogP contribution in [0.5, 0.6) is 0 Å². The first-order chi connectivity index (χ1) is 15.0. The number of likely N-dealkylation sites (tertiary alicyclic amines) is 1. The molecule has 1 unspecified atom stereocenters. The number of fused-ring (bicyclic) bond motifs is 1. The van der Waals surface area contributed by atoms with Crippen molar-refractivity contribution < 1.29 is 4.79 Å². The van der Waals surface area contributed by atoms with E-state index in [-0.39, 0.29) is 11.9 Å². The smallest absolute Gasteiger partial charge is 0.237 e. The molecule has 1 saturated heterocycles. The summed E-state index contributed by atoms with van der Waals surface area (Å²) in [6.45, 7) is 5.22. The zero-order valence-electron chi connectivity index (χ0n) is 19.0. The molecule has 2 aromatic rings. The molecule has 1 amide bonds. The molecule has 2 aliphatic heterocycles. The van der Waals surface area contributed by atoms with E-state index in [1.165, 1.54) is 5.56 Å². The maximum absolute atomic E-state index is 12.9. The summed E-state index contributed by atoms with van der Waals surface area (Å²) in [5.41, 5.74) is 3.43. The van der Waals surface area contributed by atoms with Crippen LogP contribution in [0.1, 0.15) is 54.5 Å². The molecule has 7 heteroatoms. The molecule has 0 bridgehead atoms. The minimum atomic E-state index is -0.0234. The van der Waals surface area contributed by atoms with Gasteiger partial charge in [-0.3, -0.25) is 9.78 Å². The first-order valence-corrected chi connectivity index (χ1v) is 11.5. The molecule has 1 fully saturated rings. The quantitative estimate of drug-likeness (QED) is 0.713. The maximum Gasteiger partial charge on any atom is 0.237 e. The van der Waals surface area contributed by atoms with Crippen molar-refractivity contribution in [2.45, 2.75) is 51.5 Å². The van der Waals surface area contributed by atoms with Gasteiger partial charge in [-0.2, -0.15) is 0 Å². The van der Waals surface area contributed by atoms with E-state index in [0.29, 0.717) is 6.54 Å². The minimum Gasteiger partial charge on any atom is -0.356 e. The van der Waals surface area contributed by atoms with Crippen LogP contribution in [0.25, 0.3) is 0 Å². The molecule has 0 saturated carbocycles. The molecule has 0 radical (unpaired) electrons. The number of likely N-dealkylation sites (N-methyl/N-ethyl adjacent to an activating group) is 1. The average Bonchev–Trinajstić information content (AvgIpc) is 2.78. The number of pyridine rings is 1. The number of anilines is 1. The molecule has 0 spiro atoms. The summed E-state index contributed by atoms with van der Waals surface area (Å²) in [6, 6.07) is 6.05. The highest BCUT2D eigenvalue weighted by molar-refractivity contribution is 5.78. The average molecular weight is 423 g/mol. The van der Waals surface area contributed by atoms with Gasteiger partial charge in [-0.1, -0.05) is 6.07 Å². The van der Waals surface area contributed by atoms with Crippen molar-refractivity contribution in [2.75, 3.05) is 45.2 Å². The molecule has 31 heavy (non-hydrogen) atoms. The number of nitrogens with zero attached hydrogens (tertiary/aromatic N) is 6. The minimum absolute atomic E-state index is 0.0234. The number of hydrogen-bond acceptors (Lipinski definition) is 6. The largest absolute Gasteiger partial charge is 0.356 e. The van der Waals surface area contributed by atoms with Crippen molar-refractivity contribution in [1.29, 1.82) is 0 Å². The standard InChI is InChI=1S/C24H34N6O/c1-18-20-10-8-14-29(16-12-19-9-4-6-13-25-19)24(20)27-23(26-18)21-11-5-7-15-30(21)22(31)17-28(2)3/h4,6,9,13,21H,5,7-8,10-12,14-17H2,1-3H3. The number of aryl methyl sites for hydroxylation is 1. The molecule has 1 atom stereocenters. The molecular weight excluding hydrogens is 388 g/mol. The number of piperidine rings is 1. The summed E-state index contributed by atoms with van der Waals surface area (Å²) in [4.78, 5) is 33.7. The summed E-state index contributed by atoms with van der Waals surface area (Å²) in [5.74, 6) is 2.05. The van der Waals surface area contributed by atoms with Crippen molar-refractivity contribution in [3.05, 3.63) is 47.2 Å². The lowest BCUT2D eigenvalue weighted by Gasteiger charge is -2.37. The Kier molecular flexibility index (Phi) is 6.80. The first kappa shape index (κ1) is 21.7. The van der Waals surface area contributed by atoms with E-state index < -0.39 is 0 Å². The van der Waals surface area contributed by atoms with Crippen LogP contribution in [0, 0.1) is 6.92 Å². The predicted molar refractivity (Wildman–Crippen MR) is 122 cm³/mol. The molecule has 7 nitrogen and oxygen atoms in total. The van der Waals surface area contributed by atoms with Gasteiger partial charge in [0.1, 0.15) is 5.82 Å². The van der Waals surface area contributed by atoms with Crippen LogP contribution in [0.3, 0.4) is 0 Å². The molecule has 2 aromatic heterocycles. The Morgan fingerprint density at radius 1 is 1.16 bits per heavy atom. The Labute approximate surface area is 185 Å². The van der Waals surface area contributed by atoms with E-state index >= 15 is 0 Å². The Morgan fingerprint density at radius 2 is 2.03 bits per heavy atom. The molecule has 2 aliphatic rings. The number of carbonyl (C=O) groups excluding carboxylic acids is 1. The van der Waals surface area contributed by atoms with E-state index in [1.54, 1.807) is 0 Å². The van der Waals surface area contributed by atoms with Crippen LogP contribution in [0.2, 0.25) is 0 Å². The number of carbonyl (C=O) groups is 1. The second kappa shape index (κ2) is 9.73. The van der Waals surface area contributed by atoms with Gasteiger partial charge in [0.25, 0.3) is 0 Å². The summed E-state index contributed by atoms with van der Waals surface area (Å²) in [6.07, 6.45) is 7.99. The molecule has 166 valence electrons. The van der Waals surface area contributed by atoms with Gasteiger partial charge in [0, 0.05) is 49.2 Å². The monoisotopic (exact) mass is 422 g/mol. The van der Waals surface area contributed by atoms with Gasteiger partial charge in [-0.15, -0.1) is 0 Å². The molecule has 0 aromatic carbocycles. The lowest BCUT2D eigenvalue weighted by Crippen LogP contribution is -2.43. The second-order valence-electron chi connectivity index (χ2n) is 8.97. The number of aromatic nitrogens is 3. The van der Waals surface area contributed by atoms with Gasteiger partial charge in [0.2, 0.25) is 5.91 Å². The lowest BCUT2D eigenvalue weighted by atomic mass is 9.99. The van der Waals surface area contributed by atoms with E-state index in [0.717, 1.165) is 81.2 Å². The Morgan fingerprint density at radius 3 is 2.81 bits per heavy atom. The van der Waals surface area contributed by atoms with Crippen molar-refractivity contribution in [3.63, 3.8) is 0 Å². The van der Waals surface area contributed by atoms with Crippen LogP contribution in [0.15, 0.2) is 24.4 Å². The van der Waals surface area contributed by atoms with Crippen LogP contribution in [-0.2, 0) is 17.6 Å².